The van der Waals surface area contributed by atoms with E-state index < -0.39 is 5.82 Å². The zero-order valence-corrected chi connectivity index (χ0v) is 11.6. The molecule has 17 heavy (non-hydrogen) atoms. The molecule has 2 aromatic rings. The van der Waals surface area contributed by atoms with Gasteiger partial charge in [0, 0.05) is 3.57 Å². The molecular formula is C12H9ClFIN2. The molecule has 2 aromatic carbocycles. The lowest BCUT2D eigenvalue weighted by molar-refractivity contribution is 0.632. The second kappa shape index (κ2) is 5.10. The highest BCUT2D eigenvalue weighted by atomic mass is 127. The molecule has 2 rings (SSSR count). The maximum absolute atomic E-state index is 13.7. The molecule has 0 bridgehead atoms. The average Bonchev–Trinajstić information content (AvgIpc) is 2.28. The summed E-state index contributed by atoms with van der Waals surface area (Å²) in [6.45, 7) is 0. The third-order valence-corrected chi connectivity index (χ3v) is 3.20. The Morgan fingerprint density at radius 1 is 1.18 bits per heavy atom. The van der Waals surface area contributed by atoms with Crippen molar-refractivity contribution < 1.29 is 4.39 Å². The molecular weight excluding hydrogens is 354 g/mol. The van der Waals surface area contributed by atoms with Gasteiger partial charge in [0.15, 0.2) is 5.82 Å². The predicted octanol–water partition coefficient (Wildman–Crippen LogP) is 4.41. The lowest BCUT2D eigenvalue weighted by Gasteiger charge is -2.10. The van der Waals surface area contributed by atoms with Crippen LogP contribution < -0.4 is 11.1 Å². The second-order valence-electron chi connectivity index (χ2n) is 3.46. The Labute approximate surface area is 117 Å². The number of benzene rings is 2. The molecule has 0 amide bonds. The van der Waals surface area contributed by atoms with Gasteiger partial charge in [-0.3, -0.25) is 0 Å². The fraction of sp³-hybridized carbons (Fsp3) is 0. The minimum absolute atomic E-state index is 0.0825. The first-order chi connectivity index (χ1) is 8.08. The molecule has 5 heteroatoms. The molecule has 0 radical (unpaired) electrons. The quantitative estimate of drug-likeness (QED) is 0.613. The minimum Gasteiger partial charge on any atom is -0.397 e. The van der Waals surface area contributed by atoms with Crippen LogP contribution in [0.5, 0.6) is 0 Å². The number of hydrogen-bond donors (Lipinski definition) is 2. The van der Waals surface area contributed by atoms with Crippen molar-refractivity contribution in [2.75, 3.05) is 11.1 Å². The Bertz CT molecular complexity index is 560. The van der Waals surface area contributed by atoms with Crippen molar-refractivity contribution in [2.24, 2.45) is 0 Å². The largest absolute Gasteiger partial charge is 0.397 e. The van der Waals surface area contributed by atoms with Crippen molar-refractivity contribution in [3.05, 3.63) is 50.8 Å². The molecule has 0 saturated carbocycles. The summed E-state index contributed by atoms with van der Waals surface area (Å²) >= 11 is 7.86. The van der Waals surface area contributed by atoms with E-state index in [1.165, 1.54) is 6.07 Å². The average molecular weight is 363 g/mol. The van der Waals surface area contributed by atoms with Crippen molar-refractivity contribution in [3.8, 4) is 0 Å². The van der Waals surface area contributed by atoms with E-state index in [2.05, 4.69) is 27.9 Å². The van der Waals surface area contributed by atoms with Crippen LogP contribution in [0.2, 0.25) is 5.02 Å². The molecule has 0 fully saturated rings. The van der Waals surface area contributed by atoms with E-state index in [1.807, 2.05) is 12.1 Å². The first-order valence-corrected chi connectivity index (χ1v) is 6.29. The van der Waals surface area contributed by atoms with Gasteiger partial charge in [0.05, 0.1) is 22.1 Å². The highest BCUT2D eigenvalue weighted by molar-refractivity contribution is 14.1. The van der Waals surface area contributed by atoms with Gasteiger partial charge < -0.3 is 11.1 Å². The maximum atomic E-state index is 13.7. The van der Waals surface area contributed by atoms with E-state index in [-0.39, 0.29) is 5.02 Å². The second-order valence-corrected chi connectivity index (χ2v) is 5.11. The highest BCUT2D eigenvalue weighted by Gasteiger charge is 2.07. The van der Waals surface area contributed by atoms with E-state index in [9.17, 15) is 4.39 Å². The van der Waals surface area contributed by atoms with E-state index in [0.29, 0.717) is 17.1 Å². The van der Waals surface area contributed by atoms with E-state index in [4.69, 9.17) is 17.3 Å². The molecule has 0 unspecified atom stereocenters. The summed E-state index contributed by atoms with van der Waals surface area (Å²) in [6.07, 6.45) is 0. The van der Waals surface area contributed by atoms with Crippen molar-refractivity contribution in [2.45, 2.75) is 0 Å². The molecule has 0 heterocycles. The van der Waals surface area contributed by atoms with Gasteiger partial charge >= 0.3 is 0 Å². The number of hydrogen-bond acceptors (Lipinski definition) is 2. The molecule has 2 nitrogen and oxygen atoms in total. The van der Waals surface area contributed by atoms with Gasteiger partial charge in [-0.2, -0.15) is 0 Å². The normalized spacial score (nSPS) is 10.3. The van der Waals surface area contributed by atoms with Gasteiger partial charge in [0.2, 0.25) is 0 Å². The molecule has 0 spiro atoms. The van der Waals surface area contributed by atoms with Crippen LogP contribution in [-0.2, 0) is 0 Å². The van der Waals surface area contributed by atoms with Gasteiger partial charge in [-0.1, -0.05) is 17.7 Å². The Balaban J connectivity index is 2.35. The Hall–Kier alpha value is -1.01. The fourth-order valence-electron chi connectivity index (χ4n) is 1.39. The fourth-order valence-corrected chi connectivity index (χ4v) is 2.08. The van der Waals surface area contributed by atoms with Crippen LogP contribution in [-0.4, -0.2) is 0 Å². The van der Waals surface area contributed by atoms with Crippen molar-refractivity contribution in [3.63, 3.8) is 0 Å². The highest BCUT2D eigenvalue weighted by Crippen LogP contribution is 2.28. The standard InChI is InChI=1S/C12H9ClFIN2/c13-8-2-1-3-11(12(8)14)17-10-5-4-7(15)6-9(10)16/h1-6,17H,16H2. The summed E-state index contributed by atoms with van der Waals surface area (Å²) in [5, 5.41) is 3.00. The van der Waals surface area contributed by atoms with Crippen molar-refractivity contribution >= 4 is 51.3 Å². The molecule has 88 valence electrons. The predicted molar refractivity (Wildman–Crippen MR) is 78.3 cm³/mol. The Morgan fingerprint density at radius 3 is 2.65 bits per heavy atom. The lowest BCUT2D eigenvalue weighted by Crippen LogP contribution is -1.98. The number of anilines is 3. The summed E-state index contributed by atoms with van der Waals surface area (Å²) in [6, 6.07) is 10.3. The van der Waals surface area contributed by atoms with Crippen molar-refractivity contribution in [1.82, 2.24) is 0 Å². The third-order valence-electron chi connectivity index (χ3n) is 2.23. The van der Waals surface area contributed by atoms with E-state index in [1.54, 1.807) is 18.2 Å². The Morgan fingerprint density at radius 2 is 1.94 bits per heavy atom. The summed E-state index contributed by atoms with van der Waals surface area (Å²) in [4.78, 5) is 0. The number of halogens is 3. The SMILES string of the molecule is Nc1cc(I)ccc1Nc1cccc(Cl)c1F. The molecule has 0 aliphatic heterocycles. The zero-order chi connectivity index (χ0) is 12.4. The summed E-state index contributed by atoms with van der Waals surface area (Å²) in [5.74, 6) is -0.480. The number of nitrogens with one attached hydrogen (secondary N) is 1. The van der Waals surface area contributed by atoms with E-state index >= 15 is 0 Å². The van der Waals surface area contributed by atoms with Gasteiger partial charge in [-0.25, -0.2) is 4.39 Å². The third kappa shape index (κ3) is 2.81. The lowest BCUT2D eigenvalue weighted by atomic mass is 10.2. The summed E-state index contributed by atoms with van der Waals surface area (Å²) in [7, 11) is 0. The van der Waals surface area contributed by atoms with Gasteiger partial charge in [-0.15, -0.1) is 0 Å². The van der Waals surface area contributed by atoms with Gasteiger partial charge in [0.25, 0.3) is 0 Å². The van der Waals surface area contributed by atoms with Crippen LogP contribution in [0.15, 0.2) is 36.4 Å². The number of nitrogen functional groups attached to an aromatic ring is 1. The first-order valence-electron chi connectivity index (χ1n) is 4.84. The first kappa shape index (κ1) is 12.4. The maximum Gasteiger partial charge on any atom is 0.165 e. The van der Waals surface area contributed by atoms with Gasteiger partial charge in [0.1, 0.15) is 0 Å². The monoisotopic (exact) mass is 362 g/mol. The smallest absolute Gasteiger partial charge is 0.165 e. The molecule has 0 aliphatic rings. The van der Waals surface area contributed by atoms with Crippen molar-refractivity contribution in [1.29, 1.82) is 0 Å². The molecule has 0 saturated heterocycles. The van der Waals surface area contributed by atoms with Crippen LogP contribution in [0.4, 0.5) is 21.5 Å². The molecule has 0 atom stereocenters. The van der Waals surface area contributed by atoms with E-state index in [0.717, 1.165) is 3.57 Å². The van der Waals surface area contributed by atoms with Crippen LogP contribution in [0.25, 0.3) is 0 Å². The van der Waals surface area contributed by atoms with Crippen LogP contribution in [0.1, 0.15) is 0 Å². The summed E-state index contributed by atoms with van der Waals surface area (Å²) < 4.78 is 14.7. The topological polar surface area (TPSA) is 38.0 Å². The molecule has 0 aromatic heterocycles. The molecule has 3 N–H and O–H groups in total. The van der Waals surface area contributed by atoms with Crippen LogP contribution >= 0.6 is 34.2 Å². The molecule has 0 aliphatic carbocycles. The number of nitrogens with two attached hydrogens (primary N) is 1. The van der Waals surface area contributed by atoms with Crippen LogP contribution in [0.3, 0.4) is 0 Å². The zero-order valence-electron chi connectivity index (χ0n) is 8.68. The number of rotatable bonds is 2. The van der Waals surface area contributed by atoms with Crippen LogP contribution in [0, 0.1) is 9.39 Å². The summed E-state index contributed by atoms with van der Waals surface area (Å²) in [5.41, 5.74) is 7.37. The Kier molecular flexibility index (Phi) is 3.73. The minimum atomic E-state index is -0.480. The van der Waals surface area contributed by atoms with Gasteiger partial charge in [-0.05, 0) is 52.9 Å².